The minimum absolute atomic E-state index is 0.329. The van der Waals surface area contributed by atoms with Gasteiger partial charge >= 0.3 is 13.1 Å². The van der Waals surface area contributed by atoms with Crippen LogP contribution in [0.1, 0.15) is 19.4 Å². The van der Waals surface area contributed by atoms with E-state index in [9.17, 15) is 4.79 Å². The fraction of sp³-hybridized carbons (Fsp3) is 0.364. The number of methoxy groups -OCH3 is 1. The van der Waals surface area contributed by atoms with Crippen LogP contribution in [0.4, 0.5) is 0 Å². The second-order valence-corrected chi connectivity index (χ2v) is 4.11. The Balaban J connectivity index is 3.01. The highest BCUT2D eigenvalue weighted by molar-refractivity contribution is 6.58. The summed E-state index contributed by atoms with van der Waals surface area (Å²) in [6.45, 7) is 3.51. The fourth-order valence-electron chi connectivity index (χ4n) is 1.44. The summed E-state index contributed by atoms with van der Waals surface area (Å²) in [5, 5.41) is 17.9. The first-order valence-corrected chi connectivity index (χ1v) is 4.94. The molecule has 0 amide bonds. The van der Waals surface area contributed by atoms with Crippen molar-refractivity contribution in [3.05, 3.63) is 29.8 Å². The first-order chi connectivity index (χ1) is 7.39. The second kappa shape index (κ2) is 4.68. The third kappa shape index (κ3) is 2.43. The van der Waals surface area contributed by atoms with Gasteiger partial charge in [-0.2, -0.15) is 0 Å². The lowest BCUT2D eigenvalue weighted by atomic mass is 9.77. The molecule has 1 aromatic carbocycles. The maximum atomic E-state index is 11.5. The second-order valence-electron chi connectivity index (χ2n) is 4.11. The first-order valence-electron chi connectivity index (χ1n) is 4.94. The van der Waals surface area contributed by atoms with Gasteiger partial charge in [0.25, 0.3) is 0 Å². The maximum Gasteiger partial charge on any atom is 0.488 e. The molecule has 0 bridgehead atoms. The lowest BCUT2D eigenvalue weighted by Crippen LogP contribution is -2.33. The van der Waals surface area contributed by atoms with E-state index >= 15 is 0 Å². The predicted molar refractivity (Wildman–Crippen MR) is 61.3 cm³/mol. The summed E-state index contributed by atoms with van der Waals surface area (Å²) in [6.07, 6.45) is 0. The van der Waals surface area contributed by atoms with Gasteiger partial charge in [0.1, 0.15) is 0 Å². The molecule has 4 nitrogen and oxygen atoms in total. The molecule has 86 valence electrons. The Morgan fingerprint density at radius 3 is 2.12 bits per heavy atom. The van der Waals surface area contributed by atoms with Crippen molar-refractivity contribution >= 4 is 18.6 Å². The van der Waals surface area contributed by atoms with E-state index in [-0.39, 0.29) is 5.97 Å². The van der Waals surface area contributed by atoms with Gasteiger partial charge in [0.15, 0.2) is 0 Å². The zero-order chi connectivity index (χ0) is 12.3. The molecule has 0 heterocycles. The maximum absolute atomic E-state index is 11.5. The number of benzene rings is 1. The number of hydrogen-bond acceptors (Lipinski definition) is 4. The van der Waals surface area contributed by atoms with Crippen molar-refractivity contribution in [3.8, 4) is 0 Å². The van der Waals surface area contributed by atoms with Crippen molar-refractivity contribution < 1.29 is 19.6 Å². The third-order valence-corrected chi connectivity index (χ3v) is 2.63. The van der Waals surface area contributed by atoms with Crippen LogP contribution in [0.3, 0.4) is 0 Å². The van der Waals surface area contributed by atoms with Gasteiger partial charge in [-0.3, -0.25) is 4.79 Å². The van der Waals surface area contributed by atoms with Gasteiger partial charge in [-0.15, -0.1) is 0 Å². The molecule has 0 spiro atoms. The molecule has 0 aromatic heterocycles. The van der Waals surface area contributed by atoms with E-state index in [0.29, 0.717) is 5.46 Å². The Bertz CT molecular complexity index is 370. The van der Waals surface area contributed by atoms with E-state index in [1.165, 1.54) is 7.11 Å². The summed E-state index contributed by atoms with van der Waals surface area (Å²) < 4.78 is 4.71. The molecule has 0 saturated heterocycles. The minimum Gasteiger partial charge on any atom is -0.468 e. The standard InChI is InChI=1S/C11H15BO4/c1-11(2,10(13)16-3)8-4-6-9(7-5-8)12(14)15/h4-7,14-15H,1-3H3. The minimum atomic E-state index is -1.49. The zero-order valence-corrected chi connectivity index (χ0v) is 9.60. The number of ether oxygens (including phenoxy) is 1. The third-order valence-electron chi connectivity index (χ3n) is 2.63. The smallest absolute Gasteiger partial charge is 0.468 e. The van der Waals surface area contributed by atoms with E-state index < -0.39 is 12.5 Å². The van der Waals surface area contributed by atoms with Crippen LogP contribution in [-0.2, 0) is 14.9 Å². The SMILES string of the molecule is COC(=O)C(C)(C)c1ccc(B(O)O)cc1. The van der Waals surface area contributed by atoms with E-state index in [1.807, 2.05) is 0 Å². The molecule has 0 radical (unpaired) electrons. The molecule has 1 aromatic rings. The highest BCUT2D eigenvalue weighted by atomic mass is 16.5. The quantitative estimate of drug-likeness (QED) is 0.549. The summed E-state index contributed by atoms with van der Waals surface area (Å²) in [7, 11) is -0.147. The van der Waals surface area contributed by atoms with Gasteiger partial charge in [0.05, 0.1) is 12.5 Å². The molecule has 0 aliphatic carbocycles. The molecule has 0 atom stereocenters. The van der Waals surface area contributed by atoms with Gasteiger partial charge in [-0.1, -0.05) is 24.3 Å². The molecular weight excluding hydrogens is 207 g/mol. The van der Waals surface area contributed by atoms with E-state index in [2.05, 4.69) is 0 Å². The number of carbonyl (C=O) groups is 1. The van der Waals surface area contributed by atoms with Crippen LogP contribution in [0.5, 0.6) is 0 Å². The molecule has 1 rings (SSSR count). The molecule has 0 fully saturated rings. The topological polar surface area (TPSA) is 66.8 Å². The molecule has 0 unspecified atom stereocenters. The van der Waals surface area contributed by atoms with Crippen molar-refractivity contribution in [1.29, 1.82) is 0 Å². The number of esters is 1. The van der Waals surface area contributed by atoms with Crippen LogP contribution >= 0.6 is 0 Å². The lowest BCUT2D eigenvalue weighted by Gasteiger charge is -2.22. The Morgan fingerprint density at radius 2 is 1.75 bits per heavy atom. The fourth-order valence-corrected chi connectivity index (χ4v) is 1.44. The van der Waals surface area contributed by atoms with Crippen LogP contribution in [0.25, 0.3) is 0 Å². The van der Waals surface area contributed by atoms with Crippen molar-refractivity contribution in [2.75, 3.05) is 7.11 Å². The van der Waals surface area contributed by atoms with Crippen LogP contribution in [-0.4, -0.2) is 30.2 Å². The van der Waals surface area contributed by atoms with Gasteiger partial charge in [0, 0.05) is 0 Å². The van der Waals surface area contributed by atoms with Crippen LogP contribution < -0.4 is 5.46 Å². The monoisotopic (exact) mass is 222 g/mol. The van der Waals surface area contributed by atoms with Gasteiger partial charge in [-0.05, 0) is 24.9 Å². The summed E-state index contributed by atoms with van der Waals surface area (Å²) in [4.78, 5) is 11.5. The number of carbonyl (C=O) groups excluding carboxylic acids is 1. The molecule has 2 N–H and O–H groups in total. The lowest BCUT2D eigenvalue weighted by molar-refractivity contribution is -0.146. The summed E-state index contributed by atoms with van der Waals surface area (Å²) in [5.74, 6) is -0.329. The van der Waals surface area contributed by atoms with E-state index in [0.717, 1.165) is 5.56 Å². The molecule has 0 aliphatic heterocycles. The molecule has 0 aliphatic rings. The van der Waals surface area contributed by atoms with Crippen molar-refractivity contribution in [2.45, 2.75) is 19.3 Å². The first kappa shape index (κ1) is 12.7. The Labute approximate surface area is 95.0 Å². The Morgan fingerprint density at radius 1 is 1.25 bits per heavy atom. The van der Waals surface area contributed by atoms with Crippen molar-refractivity contribution in [1.82, 2.24) is 0 Å². The normalized spacial score (nSPS) is 11.1. The highest BCUT2D eigenvalue weighted by Crippen LogP contribution is 2.23. The van der Waals surface area contributed by atoms with Crippen LogP contribution in [0.15, 0.2) is 24.3 Å². The molecule has 0 saturated carbocycles. The number of rotatable bonds is 3. The largest absolute Gasteiger partial charge is 0.488 e. The van der Waals surface area contributed by atoms with Gasteiger partial charge in [0.2, 0.25) is 0 Å². The van der Waals surface area contributed by atoms with Gasteiger partial charge < -0.3 is 14.8 Å². The summed E-state index contributed by atoms with van der Waals surface area (Å²) in [5.41, 5.74) is 0.418. The average molecular weight is 222 g/mol. The van der Waals surface area contributed by atoms with E-state index in [4.69, 9.17) is 14.8 Å². The molecule has 16 heavy (non-hydrogen) atoms. The molecular formula is C11H15BO4. The van der Waals surface area contributed by atoms with Crippen molar-refractivity contribution in [3.63, 3.8) is 0 Å². The van der Waals surface area contributed by atoms with Crippen LogP contribution in [0.2, 0.25) is 0 Å². The van der Waals surface area contributed by atoms with E-state index in [1.54, 1.807) is 38.1 Å². The number of hydrogen-bond donors (Lipinski definition) is 2. The predicted octanol–water partition coefficient (Wildman–Crippen LogP) is -0.183. The zero-order valence-electron chi connectivity index (χ0n) is 9.60. The van der Waals surface area contributed by atoms with Gasteiger partial charge in [-0.25, -0.2) is 0 Å². The summed E-state index contributed by atoms with van der Waals surface area (Å²) in [6, 6.07) is 6.52. The highest BCUT2D eigenvalue weighted by Gasteiger charge is 2.30. The van der Waals surface area contributed by atoms with Crippen molar-refractivity contribution in [2.24, 2.45) is 0 Å². The Kier molecular flexibility index (Phi) is 3.72. The summed E-state index contributed by atoms with van der Waals surface area (Å²) >= 11 is 0. The average Bonchev–Trinajstić information content (AvgIpc) is 2.28. The molecule has 5 heteroatoms. The Hall–Kier alpha value is -1.33. The van der Waals surface area contributed by atoms with Crippen LogP contribution in [0, 0.1) is 0 Å².